The van der Waals surface area contributed by atoms with Crippen LogP contribution in [0.15, 0.2) is 79.0 Å². The number of aromatic nitrogens is 2. The van der Waals surface area contributed by atoms with Crippen LogP contribution in [0.2, 0.25) is 10.0 Å². The van der Waals surface area contributed by atoms with Crippen molar-refractivity contribution in [3.63, 3.8) is 0 Å². The molecule has 160 valence electrons. The zero-order valence-electron chi connectivity index (χ0n) is 17.2. The SMILES string of the molecule is Cc1ccc(C(=O)c2ccccc2C(=O)Nc2nn(Cc3ccc(Cl)cc3)cc2Cl)cc1. The zero-order valence-corrected chi connectivity index (χ0v) is 18.7. The third kappa shape index (κ3) is 4.90. The maximum atomic E-state index is 13.0. The van der Waals surface area contributed by atoms with Gasteiger partial charge in [-0.3, -0.25) is 14.3 Å². The number of nitrogens with one attached hydrogen (secondary N) is 1. The van der Waals surface area contributed by atoms with Gasteiger partial charge in [0.05, 0.1) is 12.1 Å². The highest BCUT2D eigenvalue weighted by atomic mass is 35.5. The van der Waals surface area contributed by atoms with Crippen LogP contribution in [0.5, 0.6) is 0 Å². The lowest BCUT2D eigenvalue weighted by atomic mass is 9.97. The molecule has 1 amide bonds. The van der Waals surface area contributed by atoms with Crippen molar-refractivity contribution in [2.45, 2.75) is 13.5 Å². The molecule has 0 bridgehead atoms. The normalized spacial score (nSPS) is 10.7. The first-order chi connectivity index (χ1) is 15.4. The fourth-order valence-electron chi connectivity index (χ4n) is 3.25. The number of aryl methyl sites for hydroxylation is 1. The van der Waals surface area contributed by atoms with Gasteiger partial charge in [-0.2, -0.15) is 5.10 Å². The van der Waals surface area contributed by atoms with Crippen LogP contribution >= 0.6 is 23.2 Å². The minimum Gasteiger partial charge on any atom is -0.304 e. The minimum absolute atomic E-state index is 0.225. The Morgan fingerprint density at radius 3 is 2.25 bits per heavy atom. The van der Waals surface area contributed by atoms with Crippen molar-refractivity contribution in [2.75, 3.05) is 5.32 Å². The maximum Gasteiger partial charge on any atom is 0.257 e. The quantitative estimate of drug-likeness (QED) is 0.355. The van der Waals surface area contributed by atoms with Crippen LogP contribution in [0.1, 0.15) is 37.4 Å². The molecule has 4 aromatic rings. The number of anilines is 1. The molecule has 0 atom stereocenters. The topological polar surface area (TPSA) is 64.0 Å². The molecule has 32 heavy (non-hydrogen) atoms. The first-order valence-electron chi connectivity index (χ1n) is 9.90. The number of hydrogen-bond donors (Lipinski definition) is 1. The number of benzene rings is 3. The lowest BCUT2D eigenvalue weighted by Crippen LogP contribution is -2.17. The molecule has 0 saturated carbocycles. The van der Waals surface area contributed by atoms with Crippen LogP contribution in [0, 0.1) is 6.92 Å². The van der Waals surface area contributed by atoms with Crippen LogP contribution < -0.4 is 5.32 Å². The Morgan fingerprint density at radius 2 is 1.56 bits per heavy atom. The monoisotopic (exact) mass is 463 g/mol. The van der Waals surface area contributed by atoms with E-state index in [1.165, 1.54) is 0 Å². The lowest BCUT2D eigenvalue weighted by Gasteiger charge is -2.09. The predicted molar refractivity (Wildman–Crippen MR) is 127 cm³/mol. The van der Waals surface area contributed by atoms with Gasteiger partial charge in [0, 0.05) is 22.3 Å². The Balaban J connectivity index is 1.55. The molecule has 1 aromatic heterocycles. The molecule has 1 N–H and O–H groups in total. The second-order valence-electron chi connectivity index (χ2n) is 7.34. The summed E-state index contributed by atoms with van der Waals surface area (Å²) in [6.45, 7) is 2.42. The number of carbonyl (C=O) groups is 2. The highest BCUT2D eigenvalue weighted by Crippen LogP contribution is 2.23. The van der Waals surface area contributed by atoms with Gasteiger partial charge >= 0.3 is 0 Å². The fourth-order valence-corrected chi connectivity index (χ4v) is 3.58. The van der Waals surface area contributed by atoms with Crippen LogP contribution in [0.25, 0.3) is 0 Å². The zero-order chi connectivity index (χ0) is 22.7. The largest absolute Gasteiger partial charge is 0.304 e. The predicted octanol–water partition coefficient (Wildman–Crippen LogP) is 6.03. The van der Waals surface area contributed by atoms with Crippen molar-refractivity contribution in [3.8, 4) is 0 Å². The Bertz CT molecular complexity index is 1280. The fraction of sp³-hybridized carbons (Fsp3) is 0.0800. The van der Waals surface area contributed by atoms with E-state index in [1.54, 1.807) is 59.4 Å². The molecule has 0 aliphatic heterocycles. The summed E-state index contributed by atoms with van der Waals surface area (Å²) in [4.78, 5) is 26.0. The molecule has 7 heteroatoms. The molecule has 4 rings (SSSR count). The van der Waals surface area contributed by atoms with Crippen molar-refractivity contribution in [1.82, 2.24) is 9.78 Å². The lowest BCUT2D eigenvalue weighted by molar-refractivity contribution is 0.0996. The molecule has 0 radical (unpaired) electrons. The van der Waals surface area contributed by atoms with Crippen molar-refractivity contribution in [1.29, 1.82) is 0 Å². The highest BCUT2D eigenvalue weighted by Gasteiger charge is 2.20. The van der Waals surface area contributed by atoms with Crippen molar-refractivity contribution < 1.29 is 9.59 Å². The minimum atomic E-state index is -0.459. The summed E-state index contributed by atoms with van der Waals surface area (Å²) in [5.41, 5.74) is 3.12. The van der Waals surface area contributed by atoms with Crippen LogP contribution in [-0.2, 0) is 6.54 Å². The number of nitrogens with zero attached hydrogens (tertiary/aromatic N) is 2. The Hall–Kier alpha value is -3.41. The van der Waals surface area contributed by atoms with E-state index in [0.717, 1.165) is 11.1 Å². The Labute approximate surface area is 195 Å². The number of halogens is 2. The van der Waals surface area contributed by atoms with Gasteiger partial charge in [-0.1, -0.05) is 83.4 Å². The summed E-state index contributed by atoms with van der Waals surface area (Å²) in [6.07, 6.45) is 1.63. The molecule has 5 nitrogen and oxygen atoms in total. The Morgan fingerprint density at radius 1 is 0.906 bits per heavy atom. The van der Waals surface area contributed by atoms with Crippen molar-refractivity contribution >= 4 is 40.7 Å². The second kappa shape index (κ2) is 9.39. The van der Waals surface area contributed by atoms with E-state index in [4.69, 9.17) is 23.2 Å². The third-order valence-electron chi connectivity index (χ3n) is 4.94. The summed E-state index contributed by atoms with van der Waals surface area (Å²) < 4.78 is 1.63. The van der Waals surface area contributed by atoms with E-state index in [0.29, 0.717) is 27.7 Å². The average Bonchev–Trinajstić information content (AvgIpc) is 3.13. The number of hydrogen-bond acceptors (Lipinski definition) is 3. The molecule has 0 fully saturated rings. The maximum absolute atomic E-state index is 13.0. The summed E-state index contributed by atoms with van der Waals surface area (Å²) >= 11 is 12.2. The van der Waals surface area contributed by atoms with Gasteiger partial charge in [-0.05, 0) is 30.7 Å². The summed E-state index contributed by atoms with van der Waals surface area (Å²) in [6, 6.07) is 21.3. The first kappa shape index (κ1) is 21.8. The van der Waals surface area contributed by atoms with E-state index in [9.17, 15) is 9.59 Å². The average molecular weight is 464 g/mol. The molecule has 0 saturated heterocycles. The standard InChI is InChI=1S/C25H19Cl2N3O2/c1-16-6-10-18(11-7-16)23(31)20-4-2-3-5-21(20)25(32)28-24-22(27)15-30(29-24)14-17-8-12-19(26)13-9-17/h2-13,15H,14H2,1H3,(H,28,29,32). The van der Waals surface area contributed by atoms with Crippen LogP contribution in [0.4, 0.5) is 5.82 Å². The number of ketones is 1. The summed E-state index contributed by atoms with van der Waals surface area (Å²) in [7, 11) is 0. The van der Waals surface area contributed by atoms with Crippen molar-refractivity contribution in [3.05, 3.63) is 117 Å². The van der Waals surface area contributed by atoms with E-state index >= 15 is 0 Å². The van der Waals surface area contributed by atoms with Gasteiger partial charge in [-0.15, -0.1) is 0 Å². The third-order valence-corrected chi connectivity index (χ3v) is 5.47. The van der Waals surface area contributed by atoms with Gasteiger partial charge in [0.1, 0.15) is 5.02 Å². The Kier molecular flexibility index (Phi) is 6.40. The van der Waals surface area contributed by atoms with Crippen molar-refractivity contribution in [2.24, 2.45) is 0 Å². The smallest absolute Gasteiger partial charge is 0.257 e. The van der Waals surface area contributed by atoms with Crippen LogP contribution in [-0.4, -0.2) is 21.5 Å². The molecular weight excluding hydrogens is 445 g/mol. The van der Waals surface area contributed by atoms with E-state index < -0.39 is 5.91 Å². The molecule has 1 heterocycles. The van der Waals surface area contributed by atoms with Gasteiger partial charge in [0.15, 0.2) is 11.6 Å². The van der Waals surface area contributed by atoms with Crippen LogP contribution in [0.3, 0.4) is 0 Å². The number of carbonyl (C=O) groups excluding carboxylic acids is 2. The van der Waals surface area contributed by atoms with E-state index in [-0.39, 0.29) is 17.2 Å². The molecule has 0 spiro atoms. The number of rotatable bonds is 6. The first-order valence-corrected chi connectivity index (χ1v) is 10.7. The molecule has 3 aromatic carbocycles. The molecular formula is C25H19Cl2N3O2. The van der Waals surface area contributed by atoms with E-state index in [2.05, 4.69) is 10.4 Å². The highest BCUT2D eigenvalue weighted by molar-refractivity contribution is 6.33. The number of amides is 1. The van der Waals surface area contributed by atoms with E-state index in [1.807, 2.05) is 31.2 Å². The molecule has 0 unspecified atom stereocenters. The summed E-state index contributed by atoms with van der Waals surface area (Å²) in [5, 5.41) is 8.04. The van der Waals surface area contributed by atoms with Gasteiger partial charge < -0.3 is 5.32 Å². The van der Waals surface area contributed by atoms with Gasteiger partial charge in [-0.25, -0.2) is 0 Å². The van der Waals surface area contributed by atoms with Gasteiger partial charge in [0.2, 0.25) is 0 Å². The molecule has 0 aliphatic rings. The summed E-state index contributed by atoms with van der Waals surface area (Å²) in [5.74, 6) is -0.460. The molecule has 0 aliphatic carbocycles. The second-order valence-corrected chi connectivity index (χ2v) is 8.19. The van der Waals surface area contributed by atoms with Gasteiger partial charge in [0.25, 0.3) is 5.91 Å².